The van der Waals surface area contributed by atoms with E-state index in [9.17, 15) is 9.59 Å². The van der Waals surface area contributed by atoms with E-state index in [1.165, 1.54) is 12.0 Å². The Bertz CT molecular complexity index is 635. The number of pyridine rings is 1. The van der Waals surface area contributed by atoms with E-state index in [2.05, 4.69) is 9.72 Å². The second-order valence-electron chi connectivity index (χ2n) is 4.28. The van der Waals surface area contributed by atoms with Crippen molar-refractivity contribution in [3.63, 3.8) is 0 Å². The molecule has 20 heavy (non-hydrogen) atoms. The Morgan fingerprint density at radius 3 is 2.70 bits per heavy atom. The molecule has 0 saturated carbocycles. The predicted molar refractivity (Wildman–Crippen MR) is 75.3 cm³/mol. The van der Waals surface area contributed by atoms with Gasteiger partial charge in [-0.25, -0.2) is 0 Å². The lowest BCUT2D eigenvalue weighted by molar-refractivity contribution is -0.141. The first-order chi connectivity index (χ1) is 9.67. The molecule has 1 heterocycles. The van der Waals surface area contributed by atoms with Crippen molar-refractivity contribution >= 4 is 22.6 Å². The number of hydrogen-bond donors (Lipinski definition) is 0. The third-order valence-electron chi connectivity index (χ3n) is 3.09. The number of rotatable bonds is 4. The number of ether oxygens (including phenoxy) is 1. The molecule has 0 saturated heterocycles. The molecular formula is C15H16N2O3. The third-order valence-corrected chi connectivity index (χ3v) is 3.09. The molecule has 1 amide bonds. The number of likely N-dealkylation sites (N-methyl/N-ethyl adjacent to an activating group) is 1. The minimum Gasteiger partial charge on any atom is -0.468 e. The SMILES string of the molecule is CCN(CC(=O)OC)C(=O)c1nccc2ccccc12. The van der Waals surface area contributed by atoms with E-state index in [0.29, 0.717) is 12.2 Å². The summed E-state index contributed by atoms with van der Waals surface area (Å²) in [6.07, 6.45) is 1.60. The van der Waals surface area contributed by atoms with Gasteiger partial charge in [0.1, 0.15) is 12.2 Å². The molecule has 0 atom stereocenters. The van der Waals surface area contributed by atoms with Crippen LogP contribution >= 0.6 is 0 Å². The monoisotopic (exact) mass is 272 g/mol. The van der Waals surface area contributed by atoms with Crippen molar-refractivity contribution in [1.82, 2.24) is 9.88 Å². The van der Waals surface area contributed by atoms with Crippen LogP contribution in [0.3, 0.4) is 0 Å². The van der Waals surface area contributed by atoms with E-state index < -0.39 is 5.97 Å². The molecule has 1 aromatic heterocycles. The van der Waals surface area contributed by atoms with Gasteiger partial charge in [0, 0.05) is 18.1 Å². The highest BCUT2D eigenvalue weighted by Gasteiger charge is 2.20. The van der Waals surface area contributed by atoms with Crippen LogP contribution in [0.25, 0.3) is 10.8 Å². The highest BCUT2D eigenvalue weighted by Crippen LogP contribution is 2.17. The fourth-order valence-corrected chi connectivity index (χ4v) is 1.99. The molecule has 0 radical (unpaired) electrons. The highest BCUT2D eigenvalue weighted by molar-refractivity contribution is 6.05. The number of aromatic nitrogens is 1. The van der Waals surface area contributed by atoms with Crippen LogP contribution in [0, 0.1) is 0 Å². The van der Waals surface area contributed by atoms with E-state index in [1.54, 1.807) is 6.20 Å². The molecule has 2 rings (SSSR count). The van der Waals surface area contributed by atoms with Gasteiger partial charge < -0.3 is 9.64 Å². The van der Waals surface area contributed by atoms with Gasteiger partial charge in [-0.3, -0.25) is 14.6 Å². The van der Waals surface area contributed by atoms with Crippen molar-refractivity contribution < 1.29 is 14.3 Å². The molecule has 0 bridgehead atoms. The number of nitrogens with zero attached hydrogens (tertiary/aromatic N) is 2. The first kappa shape index (κ1) is 14.0. The van der Waals surface area contributed by atoms with Gasteiger partial charge in [0.05, 0.1) is 7.11 Å². The van der Waals surface area contributed by atoms with Gasteiger partial charge in [-0.15, -0.1) is 0 Å². The van der Waals surface area contributed by atoms with E-state index in [-0.39, 0.29) is 12.5 Å². The minimum absolute atomic E-state index is 0.0727. The van der Waals surface area contributed by atoms with Gasteiger partial charge in [0.2, 0.25) is 0 Å². The molecule has 0 spiro atoms. The summed E-state index contributed by atoms with van der Waals surface area (Å²) in [6.45, 7) is 2.15. The Hall–Kier alpha value is -2.43. The quantitative estimate of drug-likeness (QED) is 0.797. The summed E-state index contributed by atoms with van der Waals surface area (Å²) in [5.74, 6) is -0.713. The van der Waals surface area contributed by atoms with Crippen LogP contribution in [-0.4, -0.2) is 42.0 Å². The molecule has 0 fully saturated rings. The zero-order valence-electron chi connectivity index (χ0n) is 11.5. The number of amides is 1. The average Bonchev–Trinajstić information content (AvgIpc) is 2.51. The number of hydrogen-bond acceptors (Lipinski definition) is 4. The Morgan fingerprint density at radius 2 is 2.00 bits per heavy atom. The normalized spacial score (nSPS) is 10.3. The fraction of sp³-hybridized carbons (Fsp3) is 0.267. The van der Waals surface area contributed by atoms with Crippen molar-refractivity contribution in [2.75, 3.05) is 20.2 Å². The lowest BCUT2D eigenvalue weighted by atomic mass is 10.1. The zero-order chi connectivity index (χ0) is 14.5. The van der Waals surface area contributed by atoms with E-state index in [4.69, 9.17) is 0 Å². The van der Waals surface area contributed by atoms with Crippen molar-refractivity contribution in [2.45, 2.75) is 6.92 Å². The fourth-order valence-electron chi connectivity index (χ4n) is 1.99. The third kappa shape index (κ3) is 2.77. The lowest BCUT2D eigenvalue weighted by Crippen LogP contribution is -2.36. The van der Waals surface area contributed by atoms with Crippen LogP contribution in [0.5, 0.6) is 0 Å². The molecule has 5 heteroatoms. The van der Waals surface area contributed by atoms with E-state index in [0.717, 1.165) is 10.8 Å². The maximum Gasteiger partial charge on any atom is 0.325 e. The van der Waals surface area contributed by atoms with Crippen LogP contribution in [0.1, 0.15) is 17.4 Å². The molecule has 1 aromatic carbocycles. The van der Waals surface area contributed by atoms with E-state index >= 15 is 0 Å². The number of carbonyl (C=O) groups is 2. The number of carbonyl (C=O) groups excluding carboxylic acids is 2. The average molecular weight is 272 g/mol. The maximum atomic E-state index is 12.5. The van der Waals surface area contributed by atoms with Gasteiger partial charge >= 0.3 is 5.97 Å². The minimum atomic E-state index is -0.444. The Morgan fingerprint density at radius 1 is 1.25 bits per heavy atom. The first-order valence-corrected chi connectivity index (χ1v) is 6.37. The van der Waals surface area contributed by atoms with Crippen LogP contribution in [-0.2, 0) is 9.53 Å². The summed E-state index contributed by atoms with van der Waals surface area (Å²) in [5.41, 5.74) is 0.355. The van der Waals surface area contributed by atoms with Gasteiger partial charge in [0.15, 0.2) is 0 Å². The maximum absolute atomic E-state index is 12.5. The van der Waals surface area contributed by atoms with Crippen molar-refractivity contribution in [1.29, 1.82) is 0 Å². The Kier molecular flexibility index (Phi) is 4.30. The van der Waals surface area contributed by atoms with Gasteiger partial charge in [-0.05, 0) is 18.4 Å². The second kappa shape index (κ2) is 6.14. The zero-order valence-corrected chi connectivity index (χ0v) is 11.5. The van der Waals surface area contributed by atoms with Crippen molar-refractivity contribution in [2.24, 2.45) is 0 Å². The summed E-state index contributed by atoms with van der Waals surface area (Å²) in [7, 11) is 1.30. The van der Waals surface area contributed by atoms with Gasteiger partial charge in [-0.2, -0.15) is 0 Å². The van der Waals surface area contributed by atoms with Crippen molar-refractivity contribution in [3.05, 3.63) is 42.2 Å². The number of fused-ring (bicyclic) bond motifs is 1. The van der Waals surface area contributed by atoms with Crippen LogP contribution in [0.4, 0.5) is 0 Å². The summed E-state index contributed by atoms with van der Waals surface area (Å²) in [6, 6.07) is 9.38. The second-order valence-corrected chi connectivity index (χ2v) is 4.28. The molecule has 2 aromatic rings. The number of esters is 1. The lowest BCUT2D eigenvalue weighted by Gasteiger charge is -2.19. The smallest absolute Gasteiger partial charge is 0.325 e. The molecular weight excluding hydrogens is 256 g/mol. The largest absolute Gasteiger partial charge is 0.468 e. The van der Waals surface area contributed by atoms with Crippen molar-refractivity contribution in [3.8, 4) is 0 Å². The summed E-state index contributed by atoms with van der Waals surface area (Å²) < 4.78 is 4.60. The molecule has 104 valence electrons. The first-order valence-electron chi connectivity index (χ1n) is 6.37. The molecule has 0 unspecified atom stereocenters. The Labute approximate surface area is 117 Å². The van der Waals surface area contributed by atoms with Gasteiger partial charge in [-0.1, -0.05) is 24.3 Å². The molecule has 0 aliphatic rings. The van der Waals surface area contributed by atoms with Gasteiger partial charge in [0.25, 0.3) is 5.91 Å². The molecule has 0 N–H and O–H groups in total. The standard InChI is InChI=1S/C15H16N2O3/c1-3-17(10-13(18)20-2)15(19)14-12-7-5-4-6-11(12)8-9-16-14/h4-9H,3,10H2,1-2H3. The molecule has 0 aliphatic carbocycles. The summed E-state index contributed by atoms with van der Waals surface area (Å²) in [5, 5.41) is 1.73. The highest BCUT2D eigenvalue weighted by atomic mass is 16.5. The predicted octanol–water partition coefficient (Wildman–Crippen LogP) is 1.87. The van der Waals surface area contributed by atoms with Crippen LogP contribution in [0.15, 0.2) is 36.5 Å². The number of methoxy groups -OCH3 is 1. The topological polar surface area (TPSA) is 59.5 Å². The van der Waals surface area contributed by atoms with Crippen LogP contribution in [0.2, 0.25) is 0 Å². The Balaban J connectivity index is 2.37. The summed E-state index contributed by atoms with van der Waals surface area (Å²) >= 11 is 0. The van der Waals surface area contributed by atoms with E-state index in [1.807, 2.05) is 37.3 Å². The molecule has 5 nitrogen and oxygen atoms in total. The molecule has 0 aliphatic heterocycles. The van der Waals surface area contributed by atoms with Crippen LogP contribution < -0.4 is 0 Å². The summed E-state index contributed by atoms with van der Waals surface area (Å²) in [4.78, 5) is 29.4. The number of benzene rings is 1.